The van der Waals surface area contributed by atoms with E-state index in [1.165, 1.54) is 7.11 Å². The van der Waals surface area contributed by atoms with Crippen LogP contribution in [0.1, 0.15) is 37.1 Å². The number of aryl methyl sites for hydroxylation is 1. The minimum atomic E-state index is -0.396. The number of fused-ring (bicyclic) bond motifs is 1. The maximum atomic E-state index is 12.6. The topological polar surface area (TPSA) is 69.5 Å². The molecule has 2 atom stereocenters. The van der Waals surface area contributed by atoms with Crippen molar-refractivity contribution in [1.29, 1.82) is 0 Å². The Bertz CT molecular complexity index is 734. The highest BCUT2D eigenvalue weighted by molar-refractivity contribution is 5.95. The van der Waals surface area contributed by atoms with Crippen LogP contribution < -0.4 is 10.3 Å². The first-order valence-corrected chi connectivity index (χ1v) is 7.80. The van der Waals surface area contributed by atoms with Crippen molar-refractivity contribution in [2.24, 2.45) is 5.92 Å². The number of hydrogen-bond acceptors (Lipinski definition) is 4. The lowest BCUT2D eigenvalue weighted by atomic mass is 9.72. The molecule has 0 aromatic carbocycles. The number of hydrogen-bond donors (Lipinski definition) is 1. The molecule has 2 aliphatic rings. The smallest absolute Gasteiger partial charge is 0.336 e. The fraction of sp³-hybridized carbons (Fsp3) is 0.389. The van der Waals surface area contributed by atoms with Crippen LogP contribution in [0.2, 0.25) is 0 Å². The maximum absolute atomic E-state index is 12.6. The van der Waals surface area contributed by atoms with Gasteiger partial charge in [-0.3, -0.25) is 4.79 Å². The molecular weight excluding hydrogens is 292 g/mol. The number of rotatable bonds is 2. The monoisotopic (exact) mass is 313 g/mol. The largest absolute Gasteiger partial charge is 0.466 e. The van der Waals surface area contributed by atoms with E-state index in [2.05, 4.69) is 16.4 Å². The summed E-state index contributed by atoms with van der Waals surface area (Å²) in [7, 11) is 1.37. The Kier molecular flexibility index (Phi) is 4.03. The molecule has 1 aromatic rings. The van der Waals surface area contributed by atoms with Crippen LogP contribution in [0.5, 0.6) is 0 Å². The molecule has 1 aliphatic heterocycles. The lowest BCUT2D eigenvalue weighted by molar-refractivity contribution is -0.402. The molecule has 0 amide bonds. The van der Waals surface area contributed by atoms with Crippen LogP contribution in [0.15, 0.2) is 41.2 Å². The summed E-state index contributed by atoms with van der Waals surface area (Å²) < 4.78 is 4.98. The van der Waals surface area contributed by atoms with Crippen molar-refractivity contribution in [3.63, 3.8) is 0 Å². The molecule has 5 heteroatoms. The summed E-state index contributed by atoms with van der Waals surface area (Å²) in [6, 6.07) is 5.82. The average Bonchev–Trinajstić information content (AvgIpc) is 2.53. The first-order valence-electron chi connectivity index (χ1n) is 7.80. The molecule has 0 saturated carbocycles. The number of allylic oxidation sites excluding steroid dienone is 3. The molecule has 120 valence electrons. The minimum absolute atomic E-state index is 0.156. The molecule has 2 unspecified atom stereocenters. The first-order chi connectivity index (χ1) is 11.0. The predicted molar refractivity (Wildman–Crippen MR) is 84.1 cm³/mol. The van der Waals surface area contributed by atoms with E-state index < -0.39 is 5.97 Å². The number of ketones is 1. The molecule has 3 rings (SSSR count). The highest BCUT2D eigenvalue weighted by atomic mass is 16.5. The number of aromatic amines is 1. The summed E-state index contributed by atoms with van der Waals surface area (Å²) in [4.78, 5) is 28.3. The third kappa shape index (κ3) is 2.67. The van der Waals surface area contributed by atoms with Gasteiger partial charge in [0.15, 0.2) is 11.4 Å². The first kappa shape index (κ1) is 15.5. The van der Waals surface area contributed by atoms with Crippen molar-refractivity contribution in [1.82, 2.24) is 5.32 Å². The van der Waals surface area contributed by atoms with Gasteiger partial charge in [-0.05, 0) is 19.4 Å². The Labute approximate surface area is 135 Å². The van der Waals surface area contributed by atoms with Gasteiger partial charge in [-0.1, -0.05) is 6.08 Å². The number of methoxy groups -OCH3 is 1. The van der Waals surface area contributed by atoms with Gasteiger partial charge in [0.2, 0.25) is 0 Å². The Hall–Kier alpha value is -2.43. The van der Waals surface area contributed by atoms with E-state index in [1.54, 1.807) is 0 Å². The van der Waals surface area contributed by atoms with Crippen LogP contribution >= 0.6 is 0 Å². The third-order valence-corrected chi connectivity index (χ3v) is 4.52. The Morgan fingerprint density at radius 1 is 1.30 bits per heavy atom. The number of ether oxygens (including phenoxy) is 1. The van der Waals surface area contributed by atoms with Crippen LogP contribution in [0.3, 0.4) is 0 Å². The van der Waals surface area contributed by atoms with Crippen LogP contribution in [0.25, 0.3) is 0 Å². The van der Waals surface area contributed by atoms with Gasteiger partial charge in [0.1, 0.15) is 5.78 Å². The van der Waals surface area contributed by atoms with Gasteiger partial charge >= 0.3 is 5.97 Å². The van der Waals surface area contributed by atoms with Crippen molar-refractivity contribution in [2.75, 3.05) is 7.11 Å². The molecule has 0 bridgehead atoms. The number of carbonyl (C=O) groups excluding carboxylic acids is 2. The van der Waals surface area contributed by atoms with Gasteiger partial charge in [-0.15, -0.1) is 0 Å². The van der Waals surface area contributed by atoms with Gasteiger partial charge in [0.25, 0.3) is 0 Å². The zero-order valence-electron chi connectivity index (χ0n) is 13.6. The molecular formula is C18H21N2O3+. The third-order valence-electron chi connectivity index (χ3n) is 4.52. The zero-order chi connectivity index (χ0) is 16.6. The minimum Gasteiger partial charge on any atom is -0.466 e. The lowest BCUT2D eigenvalue weighted by Crippen LogP contribution is -2.42. The summed E-state index contributed by atoms with van der Waals surface area (Å²) in [6.45, 7) is 3.81. The zero-order valence-corrected chi connectivity index (χ0v) is 13.6. The number of aromatic nitrogens is 1. The fourth-order valence-electron chi connectivity index (χ4n) is 3.52. The maximum Gasteiger partial charge on any atom is 0.336 e. The quantitative estimate of drug-likeness (QED) is 0.845. The van der Waals surface area contributed by atoms with Crippen molar-refractivity contribution < 1.29 is 19.3 Å². The second-order valence-corrected chi connectivity index (χ2v) is 6.06. The fourth-order valence-corrected chi connectivity index (χ4v) is 3.52. The number of carbonyl (C=O) groups is 2. The van der Waals surface area contributed by atoms with E-state index in [9.17, 15) is 9.59 Å². The Morgan fingerprint density at radius 2 is 2.09 bits per heavy atom. The van der Waals surface area contributed by atoms with Crippen molar-refractivity contribution >= 4 is 11.8 Å². The second-order valence-electron chi connectivity index (χ2n) is 6.06. The molecule has 5 nitrogen and oxygen atoms in total. The number of H-pyrrole nitrogens is 1. The Balaban J connectivity index is 2.20. The molecule has 0 fully saturated rings. The summed E-state index contributed by atoms with van der Waals surface area (Å²) in [5, 5.41) is 3.23. The highest BCUT2D eigenvalue weighted by Gasteiger charge is 2.45. The lowest BCUT2D eigenvalue weighted by Gasteiger charge is -2.35. The standard InChI is InChI=1S/C18H20N2O3/c1-10-6-4-7-13(19-10)17-15(18(22)23-3)11(2)20-12-8-5-9-14(21)16(12)17/h4,6-8,16-17,20H,5,9H2,1-3H3/p+1. The molecule has 0 radical (unpaired) electrons. The molecule has 1 aliphatic carbocycles. The van der Waals surface area contributed by atoms with Crippen molar-refractivity contribution in [3.8, 4) is 0 Å². The molecule has 1 aromatic heterocycles. The van der Waals surface area contributed by atoms with Crippen LogP contribution in [-0.2, 0) is 14.3 Å². The average molecular weight is 313 g/mol. The van der Waals surface area contributed by atoms with E-state index in [0.717, 1.165) is 29.2 Å². The number of Topliss-reactive ketones (excluding diaryl/α,β-unsaturated/α-hetero) is 1. The number of pyridine rings is 1. The second kappa shape index (κ2) is 5.99. The summed E-state index contributed by atoms with van der Waals surface area (Å²) in [5.41, 5.74) is 4.00. The van der Waals surface area contributed by atoms with Crippen LogP contribution in [0.4, 0.5) is 0 Å². The summed E-state index contributed by atoms with van der Waals surface area (Å²) >= 11 is 0. The molecule has 0 saturated heterocycles. The molecule has 2 N–H and O–H groups in total. The van der Waals surface area contributed by atoms with E-state index in [0.29, 0.717) is 12.0 Å². The van der Waals surface area contributed by atoms with Gasteiger partial charge in [-0.25, -0.2) is 9.78 Å². The van der Waals surface area contributed by atoms with E-state index >= 15 is 0 Å². The van der Waals surface area contributed by atoms with E-state index in [1.807, 2.05) is 32.0 Å². The molecule has 0 spiro atoms. The normalized spacial score (nSPS) is 23.8. The SMILES string of the molecule is COC(=O)C1=C(C)NC2=CCCC(=O)C2C1c1cccc(C)[nH+]1. The van der Waals surface area contributed by atoms with Gasteiger partial charge < -0.3 is 10.1 Å². The van der Waals surface area contributed by atoms with Gasteiger partial charge in [-0.2, -0.15) is 0 Å². The van der Waals surface area contributed by atoms with Crippen LogP contribution in [0, 0.1) is 12.8 Å². The van der Waals surface area contributed by atoms with Crippen LogP contribution in [-0.4, -0.2) is 18.9 Å². The van der Waals surface area contributed by atoms with Crippen molar-refractivity contribution in [2.45, 2.75) is 32.6 Å². The van der Waals surface area contributed by atoms with Gasteiger partial charge in [0, 0.05) is 36.9 Å². The molecule has 2 heterocycles. The van der Waals surface area contributed by atoms with E-state index in [4.69, 9.17) is 4.74 Å². The molecule has 23 heavy (non-hydrogen) atoms. The number of nitrogens with one attached hydrogen (secondary N) is 2. The predicted octanol–water partition coefficient (Wildman–Crippen LogP) is 1.81. The summed E-state index contributed by atoms with van der Waals surface area (Å²) in [5.74, 6) is -0.946. The number of esters is 1. The summed E-state index contributed by atoms with van der Waals surface area (Å²) in [6.07, 6.45) is 3.31. The Morgan fingerprint density at radius 3 is 2.78 bits per heavy atom. The highest BCUT2D eigenvalue weighted by Crippen LogP contribution is 2.42. The van der Waals surface area contributed by atoms with Crippen molar-refractivity contribution in [3.05, 3.63) is 52.6 Å². The van der Waals surface area contributed by atoms with E-state index in [-0.39, 0.29) is 17.6 Å². The van der Waals surface area contributed by atoms with Gasteiger partial charge in [0.05, 0.1) is 24.5 Å².